The maximum Gasteiger partial charge on any atom is 0.407 e. The summed E-state index contributed by atoms with van der Waals surface area (Å²) < 4.78 is 5.54. The first-order valence-electron chi connectivity index (χ1n) is 11.5. The van der Waals surface area contributed by atoms with Gasteiger partial charge in [-0.05, 0) is 34.7 Å². The molecule has 8 nitrogen and oxygen atoms in total. The molecule has 1 aliphatic carbocycles. The molecule has 2 atom stereocenters. The highest BCUT2D eigenvalue weighted by molar-refractivity contribution is 6.04. The van der Waals surface area contributed by atoms with Gasteiger partial charge in [0, 0.05) is 12.3 Å². The predicted octanol–water partition coefficient (Wildman–Crippen LogP) is 3.29. The van der Waals surface area contributed by atoms with Gasteiger partial charge >= 0.3 is 12.1 Å². The third-order valence-corrected chi connectivity index (χ3v) is 6.17. The molecule has 0 fully saturated rings. The van der Waals surface area contributed by atoms with Crippen molar-refractivity contribution in [3.05, 3.63) is 95.6 Å². The maximum atomic E-state index is 12.9. The van der Waals surface area contributed by atoms with E-state index in [0.29, 0.717) is 0 Å². The van der Waals surface area contributed by atoms with E-state index in [-0.39, 0.29) is 18.9 Å². The Kier molecular flexibility index (Phi) is 7.44. The molecule has 0 bridgehead atoms. The van der Waals surface area contributed by atoms with Crippen molar-refractivity contribution < 1.29 is 29.0 Å². The van der Waals surface area contributed by atoms with E-state index in [4.69, 9.17) is 4.74 Å². The van der Waals surface area contributed by atoms with Crippen LogP contribution in [-0.2, 0) is 25.5 Å². The Labute approximate surface area is 208 Å². The van der Waals surface area contributed by atoms with Gasteiger partial charge in [0.05, 0.1) is 0 Å². The monoisotopic (exact) mass is 486 g/mol. The normalized spacial score (nSPS) is 13.6. The van der Waals surface area contributed by atoms with Crippen LogP contribution in [0.1, 0.15) is 29.5 Å². The fraction of sp³-hybridized carbons (Fsp3) is 0.214. The number of carbonyl (C=O) groups is 4. The Hall–Kier alpha value is -4.46. The van der Waals surface area contributed by atoms with Crippen LogP contribution in [0.2, 0.25) is 0 Å². The summed E-state index contributed by atoms with van der Waals surface area (Å²) in [5.41, 5.74) is 5.03. The van der Waals surface area contributed by atoms with E-state index in [9.17, 15) is 24.3 Å². The summed E-state index contributed by atoms with van der Waals surface area (Å²) in [4.78, 5) is 48.7. The molecule has 0 saturated heterocycles. The fourth-order valence-corrected chi connectivity index (χ4v) is 4.42. The summed E-state index contributed by atoms with van der Waals surface area (Å²) in [6.07, 6.45) is -0.733. The predicted molar refractivity (Wildman–Crippen MR) is 132 cm³/mol. The number of alkyl carbamates (subject to hydrolysis) is 1. The number of Topliss-reactive ketones (excluding diaryl/α,β-unsaturated/α-hetero) is 1. The van der Waals surface area contributed by atoms with E-state index in [1.54, 1.807) is 24.3 Å². The molecule has 2 amide bonds. The molecule has 0 aromatic heterocycles. The minimum atomic E-state index is -1.71. The number of aliphatic carboxylic acids is 1. The lowest BCUT2D eigenvalue weighted by molar-refractivity contribution is -0.145. The van der Waals surface area contributed by atoms with Gasteiger partial charge in [-0.3, -0.25) is 9.59 Å². The highest BCUT2D eigenvalue weighted by Crippen LogP contribution is 2.44. The first-order chi connectivity index (χ1) is 17.3. The number of carbonyl (C=O) groups excluding carboxylic acids is 3. The minimum Gasteiger partial charge on any atom is -0.479 e. The molecule has 0 radical (unpaired) electrons. The Balaban J connectivity index is 1.47. The molecule has 1 aliphatic rings. The topological polar surface area (TPSA) is 122 Å². The highest BCUT2D eigenvalue weighted by atomic mass is 16.5. The molecule has 3 aromatic carbocycles. The molecule has 0 unspecified atom stereocenters. The minimum absolute atomic E-state index is 0.0603. The van der Waals surface area contributed by atoms with E-state index in [0.717, 1.165) is 34.7 Å². The van der Waals surface area contributed by atoms with E-state index >= 15 is 0 Å². The first kappa shape index (κ1) is 24.7. The van der Waals surface area contributed by atoms with Crippen LogP contribution in [-0.4, -0.2) is 47.6 Å². The Morgan fingerprint density at radius 1 is 0.833 bits per heavy atom. The number of hydrogen-bond donors (Lipinski definition) is 3. The van der Waals surface area contributed by atoms with Crippen LogP contribution in [0.5, 0.6) is 0 Å². The van der Waals surface area contributed by atoms with Crippen LogP contribution >= 0.6 is 0 Å². The number of amides is 2. The summed E-state index contributed by atoms with van der Waals surface area (Å²) in [6.45, 7) is 1.13. The molecule has 3 N–H and O–H groups in total. The zero-order valence-electron chi connectivity index (χ0n) is 19.6. The van der Waals surface area contributed by atoms with Crippen LogP contribution in [0.3, 0.4) is 0 Å². The molecule has 3 aromatic rings. The van der Waals surface area contributed by atoms with Crippen LogP contribution < -0.4 is 10.6 Å². The SMILES string of the molecule is CC(=O)[C@H](NC(=O)[C@H](Cc1ccccc1)NC(=O)OCC1c2ccccc2-c2ccccc21)C(=O)O. The van der Waals surface area contributed by atoms with E-state index in [2.05, 4.69) is 10.6 Å². The van der Waals surface area contributed by atoms with Gasteiger partial charge in [0.15, 0.2) is 11.8 Å². The van der Waals surface area contributed by atoms with Crippen LogP contribution in [0.15, 0.2) is 78.9 Å². The van der Waals surface area contributed by atoms with Gasteiger partial charge < -0.3 is 20.5 Å². The summed E-state index contributed by atoms with van der Waals surface area (Å²) in [5.74, 6) is -3.15. The van der Waals surface area contributed by atoms with Crippen molar-refractivity contribution in [1.29, 1.82) is 0 Å². The summed E-state index contributed by atoms with van der Waals surface area (Å²) >= 11 is 0. The van der Waals surface area contributed by atoms with Crippen LogP contribution in [0, 0.1) is 0 Å². The van der Waals surface area contributed by atoms with Gasteiger partial charge in [-0.25, -0.2) is 9.59 Å². The second-order valence-electron chi connectivity index (χ2n) is 8.60. The van der Waals surface area contributed by atoms with Crippen molar-refractivity contribution in [3.63, 3.8) is 0 Å². The molecule has 0 saturated carbocycles. The van der Waals surface area contributed by atoms with Gasteiger partial charge in [0.25, 0.3) is 0 Å². The number of carboxylic acids is 1. The van der Waals surface area contributed by atoms with Crippen LogP contribution in [0.25, 0.3) is 11.1 Å². The van der Waals surface area contributed by atoms with Crippen molar-refractivity contribution in [2.75, 3.05) is 6.61 Å². The Morgan fingerprint density at radius 3 is 1.94 bits per heavy atom. The lowest BCUT2D eigenvalue weighted by atomic mass is 9.98. The lowest BCUT2D eigenvalue weighted by Gasteiger charge is -2.21. The second-order valence-corrected chi connectivity index (χ2v) is 8.60. The van der Waals surface area contributed by atoms with Gasteiger partial charge in [-0.2, -0.15) is 0 Å². The number of carboxylic acid groups (broad SMARTS) is 1. The number of benzene rings is 3. The number of rotatable bonds is 9. The van der Waals surface area contributed by atoms with Gasteiger partial charge in [-0.15, -0.1) is 0 Å². The zero-order chi connectivity index (χ0) is 25.7. The number of hydrogen-bond acceptors (Lipinski definition) is 5. The summed E-state index contributed by atoms with van der Waals surface area (Å²) in [7, 11) is 0. The second kappa shape index (κ2) is 10.9. The lowest BCUT2D eigenvalue weighted by Crippen LogP contribution is -2.54. The molecular formula is C28H26N2O6. The maximum absolute atomic E-state index is 12.9. The number of ketones is 1. The standard InChI is InChI=1S/C28H26N2O6/c1-17(31)25(27(33)34)30-26(32)24(15-18-9-3-2-4-10-18)29-28(35)36-16-23-21-13-7-5-11-19(21)20-12-6-8-14-22(20)23/h2-14,23-25H,15-16H2,1H3,(H,29,35)(H,30,32)(H,33,34)/t24-,25-/m0/s1. The van der Waals surface area contributed by atoms with Gasteiger partial charge in [0.1, 0.15) is 12.6 Å². The number of ether oxygens (including phenoxy) is 1. The molecule has 4 rings (SSSR count). The van der Waals surface area contributed by atoms with Crippen molar-refractivity contribution in [2.45, 2.75) is 31.3 Å². The van der Waals surface area contributed by atoms with E-state index < -0.39 is 35.8 Å². The largest absolute Gasteiger partial charge is 0.479 e. The molecule has 0 spiro atoms. The molecular weight excluding hydrogens is 460 g/mol. The third-order valence-electron chi connectivity index (χ3n) is 6.17. The number of nitrogens with one attached hydrogen (secondary N) is 2. The van der Waals surface area contributed by atoms with Crippen molar-refractivity contribution >= 4 is 23.8 Å². The van der Waals surface area contributed by atoms with Gasteiger partial charge in [-0.1, -0.05) is 78.9 Å². The first-order valence-corrected chi connectivity index (χ1v) is 11.5. The Morgan fingerprint density at radius 2 is 1.39 bits per heavy atom. The molecule has 36 heavy (non-hydrogen) atoms. The van der Waals surface area contributed by atoms with Crippen LogP contribution in [0.4, 0.5) is 4.79 Å². The highest BCUT2D eigenvalue weighted by Gasteiger charge is 2.31. The molecule has 0 heterocycles. The average molecular weight is 487 g/mol. The average Bonchev–Trinajstić information content (AvgIpc) is 3.19. The fourth-order valence-electron chi connectivity index (χ4n) is 4.42. The molecule has 8 heteroatoms. The summed E-state index contributed by atoms with van der Waals surface area (Å²) in [5, 5.41) is 14.0. The van der Waals surface area contributed by atoms with E-state index in [1.807, 2.05) is 54.6 Å². The smallest absolute Gasteiger partial charge is 0.407 e. The quantitative estimate of drug-likeness (QED) is 0.399. The van der Waals surface area contributed by atoms with Gasteiger partial charge in [0.2, 0.25) is 5.91 Å². The Bertz CT molecular complexity index is 1230. The third kappa shape index (κ3) is 5.43. The number of fused-ring (bicyclic) bond motifs is 3. The van der Waals surface area contributed by atoms with Crippen molar-refractivity contribution in [3.8, 4) is 11.1 Å². The molecule has 184 valence electrons. The van der Waals surface area contributed by atoms with E-state index in [1.165, 1.54) is 0 Å². The zero-order valence-corrected chi connectivity index (χ0v) is 19.6. The summed E-state index contributed by atoms with van der Waals surface area (Å²) in [6, 6.07) is 21.9. The van der Waals surface area contributed by atoms with Crippen molar-refractivity contribution in [2.24, 2.45) is 0 Å². The van der Waals surface area contributed by atoms with Crippen molar-refractivity contribution in [1.82, 2.24) is 10.6 Å². The molecule has 0 aliphatic heterocycles.